The molecule has 0 spiro atoms. The lowest BCUT2D eigenvalue weighted by atomic mass is 9.88. The zero-order valence-corrected chi connectivity index (χ0v) is 21.3. The van der Waals surface area contributed by atoms with Gasteiger partial charge >= 0.3 is 0 Å². The molecule has 0 atom stereocenters. The van der Waals surface area contributed by atoms with Crippen molar-refractivity contribution in [3.8, 4) is 28.3 Å². The number of nitrogens with zero attached hydrogens (tertiary/aromatic N) is 7. The molecule has 3 N–H and O–H groups in total. The van der Waals surface area contributed by atoms with E-state index in [1.807, 2.05) is 29.8 Å². The molecule has 0 unspecified atom stereocenters. The van der Waals surface area contributed by atoms with Gasteiger partial charge in [0.1, 0.15) is 11.2 Å². The van der Waals surface area contributed by atoms with Gasteiger partial charge in [0.2, 0.25) is 5.91 Å². The van der Waals surface area contributed by atoms with Gasteiger partial charge in [0.25, 0.3) is 0 Å². The maximum absolute atomic E-state index is 12.8. The molecule has 1 saturated carbocycles. The molecular formula is C28H26N10O. The minimum Gasteiger partial charge on any atom is -0.335 e. The van der Waals surface area contributed by atoms with Gasteiger partial charge in [-0.1, -0.05) is 19.3 Å². The zero-order chi connectivity index (χ0) is 26.3. The fraction of sp³-hybridized carbons (Fsp3) is 0.250. The van der Waals surface area contributed by atoms with Crippen molar-refractivity contribution in [3.05, 3.63) is 61.3 Å². The third kappa shape index (κ3) is 4.31. The molecule has 0 saturated heterocycles. The first-order valence-electron chi connectivity index (χ1n) is 13.1. The number of rotatable bonds is 5. The van der Waals surface area contributed by atoms with Crippen LogP contribution in [0.4, 0.5) is 5.69 Å². The van der Waals surface area contributed by atoms with Gasteiger partial charge in [-0.15, -0.1) is 0 Å². The van der Waals surface area contributed by atoms with Crippen LogP contribution in [-0.4, -0.2) is 50.6 Å². The number of amides is 1. The molecule has 11 nitrogen and oxygen atoms in total. The van der Waals surface area contributed by atoms with E-state index in [9.17, 15) is 4.79 Å². The first-order chi connectivity index (χ1) is 19.1. The molecule has 0 aliphatic heterocycles. The number of H-pyrrole nitrogens is 2. The molecular weight excluding hydrogens is 492 g/mol. The van der Waals surface area contributed by atoms with E-state index in [-0.39, 0.29) is 11.8 Å². The van der Waals surface area contributed by atoms with Gasteiger partial charge in [-0.25, -0.2) is 15.0 Å². The number of imidazole rings is 2. The second-order valence-corrected chi connectivity index (χ2v) is 10.0. The fourth-order valence-corrected chi connectivity index (χ4v) is 5.29. The van der Waals surface area contributed by atoms with Gasteiger partial charge in [-0.2, -0.15) is 5.10 Å². The van der Waals surface area contributed by atoms with E-state index >= 15 is 0 Å². The minimum atomic E-state index is 0.0731. The molecule has 1 aliphatic carbocycles. The Balaban J connectivity index is 1.22. The van der Waals surface area contributed by atoms with E-state index in [1.165, 1.54) is 6.42 Å². The Labute approximate surface area is 223 Å². The predicted octanol–water partition coefficient (Wildman–Crippen LogP) is 4.97. The summed E-state index contributed by atoms with van der Waals surface area (Å²) in [4.78, 5) is 38.6. The van der Waals surface area contributed by atoms with E-state index in [4.69, 9.17) is 4.98 Å². The number of fused-ring (bicyclic) bond motifs is 2. The zero-order valence-electron chi connectivity index (χ0n) is 21.3. The first kappa shape index (κ1) is 23.2. The Morgan fingerprint density at radius 1 is 1.00 bits per heavy atom. The summed E-state index contributed by atoms with van der Waals surface area (Å²) in [7, 11) is 0. The smallest absolute Gasteiger partial charge is 0.227 e. The third-order valence-electron chi connectivity index (χ3n) is 7.33. The summed E-state index contributed by atoms with van der Waals surface area (Å²) in [5.41, 5.74) is 7.00. The Kier molecular flexibility index (Phi) is 5.61. The molecule has 1 aliphatic rings. The maximum Gasteiger partial charge on any atom is 0.227 e. The highest BCUT2D eigenvalue weighted by molar-refractivity contribution is 5.95. The van der Waals surface area contributed by atoms with Crippen LogP contribution in [0.5, 0.6) is 0 Å². The molecule has 6 aromatic rings. The van der Waals surface area contributed by atoms with Crippen molar-refractivity contribution in [2.45, 2.75) is 39.0 Å². The molecule has 194 valence electrons. The van der Waals surface area contributed by atoms with Crippen LogP contribution in [0.1, 0.15) is 37.8 Å². The maximum atomic E-state index is 12.8. The Morgan fingerprint density at radius 3 is 2.69 bits per heavy atom. The topological polar surface area (TPSA) is 143 Å². The van der Waals surface area contributed by atoms with Gasteiger partial charge in [0, 0.05) is 35.6 Å². The number of carbonyl (C=O) groups is 1. The largest absolute Gasteiger partial charge is 0.335 e. The Morgan fingerprint density at radius 2 is 1.85 bits per heavy atom. The van der Waals surface area contributed by atoms with E-state index < -0.39 is 0 Å². The van der Waals surface area contributed by atoms with Gasteiger partial charge in [0.05, 0.1) is 52.9 Å². The fourth-order valence-electron chi connectivity index (χ4n) is 5.29. The van der Waals surface area contributed by atoms with E-state index in [0.29, 0.717) is 17.2 Å². The number of hydrogen-bond donors (Lipinski definition) is 3. The number of pyridine rings is 3. The molecule has 7 rings (SSSR count). The van der Waals surface area contributed by atoms with Gasteiger partial charge in [-0.05, 0) is 31.9 Å². The molecule has 39 heavy (non-hydrogen) atoms. The van der Waals surface area contributed by atoms with Crippen molar-refractivity contribution in [1.82, 2.24) is 44.7 Å². The summed E-state index contributed by atoms with van der Waals surface area (Å²) in [5.74, 6) is 0.777. The normalized spacial score (nSPS) is 14.3. The predicted molar refractivity (Wildman–Crippen MR) is 147 cm³/mol. The molecule has 0 bridgehead atoms. The van der Waals surface area contributed by atoms with Crippen molar-refractivity contribution in [1.29, 1.82) is 0 Å². The number of aromatic nitrogens is 9. The summed E-state index contributed by atoms with van der Waals surface area (Å²) in [6.07, 6.45) is 17.8. The Bertz CT molecular complexity index is 1820. The lowest BCUT2D eigenvalue weighted by Gasteiger charge is -2.20. The minimum absolute atomic E-state index is 0.0731. The van der Waals surface area contributed by atoms with Crippen molar-refractivity contribution in [3.63, 3.8) is 0 Å². The number of nitrogens with one attached hydrogen (secondary N) is 3. The quantitative estimate of drug-likeness (QED) is 0.292. The summed E-state index contributed by atoms with van der Waals surface area (Å²) < 4.78 is 1.91. The number of carbonyl (C=O) groups excluding carboxylic acids is 1. The molecule has 11 heteroatoms. The number of aryl methyl sites for hydroxylation is 1. The van der Waals surface area contributed by atoms with Crippen LogP contribution in [0.3, 0.4) is 0 Å². The van der Waals surface area contributed by atoms with Gasteiger partial charge in [0.15, 0.2) is 11.5 Å². The van der Waals surface area contributed by atoms with Crippen LogP contribution in [0.2, 0.25) is 0 Å². The molecule has 0 aromatic carbocycles. The SMILES string of the molecule is Cc1cn(-c2cncc3[nH]c(-c4[nH]nc5ncc(-c6cncc(NC(=O)C7CCCCC7)c6)cc45)nc23)cn1. The number of anilines is 1. The van der Waals surface area contributed by atoms with Crippen molar-refractivity contribution < 1.29 is 4.79 Å². The third-order valence-corrected chi connectivity index (χ3v) is 7.33. The second-order valence-electron chi connectivity index (χ2n) is 10.0. The average molecular weight is 519 g/mol. The van der Waals surface area contributed by atoms with E-state index in [0.717, 1.165) is 70.3 Å². The highest BCUT2D eigenvalue weighted by Crippen LogP contribution is 2.31. The molecule has 0 radical (unpaired) electrons. The monoisotopic (exact) mass is 518 g/mol. The van der Waals surface area contributed by atoms with Crippen LogP contribution in [0.25, 0.3) is 50.4 Å². The van der Waals surface area contributed by atoms with Crippen LogP contribution in [0.15, 0.2) is 55.6 Å². The van der Waals surface area contributed by atoms with Crippen LogP contribution in [0, 0.1) is 12.8 Å². The summed E-state index contributed by atoms with van der Waals surface area (Å²) in [6, 6.07) is 3.94. The van der Waals surface area contributed by atoms with Gasteiger partial charge < -0.3 is 14.9 Å². The number of hydrogen-bond acceptors (Lipinski definition) is 7. The van der Waals surface area contributed by atoms with Crippen LogP contribution < -0.4 is 5.32 Å². The lowest BCUT2D eigenvalue weighted by molar-refractivity contribution is -0.120. The highest BCUT2D eigenvalue weighted by Gasteiger charge is 2.21. The van der Waals surface area contributed by atoms with Crippen molar-refractivity contribution in [2.75, 3.05) is 5.32 Å². The molecule has 6 heterocycles. The summed E-state index contributed by atoms with van der Waals surface area (Å²) in [5, 5.41) is 11.4. The van der Waals surface area contributed by atoms with Crippen LogP contribution in [-0.2, 0) is 4.79 Å². The first-order valence-corrected chi connectivity index (χ1v) is 13.1. The van der Waals surface area contributed by atoms with Gasteiger partial charge in [-0.3, -0.25) is 19.9 Å². The summed E-state index contributed by atoms with van der Waals surface area (Å²) in [6.45, 7) is 1.94. The summed E-state index contributed by atoms with van der Waals surface area (Å²) >= 11 is 0. The second kappa shape index (κ2) is 9.43. The van der Waals surface area contributed by atoms with Crippen molar-refractivity contribution >= 4 is 33.7 Å². The Hall–Kier alpha value is -4.93. The highest BCUT2D eigenvalue weighted by atomic mass is 16.1. The van der Waals surface area contributed by atoms with Crippen LogP contribution >= 0.6 is 0 Å². The average Bonchev–Trinajstić information content (AvgIpc) is 3.71. The van der Waals surface area contributed by atoms with Crippen molar-refractivity contribution in [2.24, 2.45) is 5.92 Å². The van der Waals surface area contributed by atoms with E-state index in [2.05, 4.69) is 40.4 Å². The molecule has 1 fully saturated rings. The number of aromatic amines is 2. The standard InChI is InChI=1S/C28H26N10O/c1-16-14-38(15-32-16)23-13-30-12-22-25(23)35-27(34-22)24-21-8-19(10-31-26(21)37-36-24)18-7-20(11-29-9-18)33-28(39)17-5-3-2-4-6-17/h7-15,17H,2-6H2,1H3,(H,33,39)(H,34,35)(H,31,36,37). The lowest BCUT2D eigenvalue weighted by Crippen LogP contribution is -2.24. The molecule has 1 amide bonds. The van der Waals surface area contributed by atoms with E-state index in [1.54, 1.807) is 37.3 Å². The molecule has 6 aromatic heterocycles.